The van der Waals surface area contributed by atoms with Gasteiger partial charge in [0.15, 0.2) is 0 Å². The van der Waals surface area contributed by atoms with Crippen molar-refractivity contribution in [2.45, 2.75) is 6.61 Å². The minimum absolute atomic E-state index is 0.169. The largest absolute Gasteiger partial charge is 0.497 e. The van der Waals surface area contributed by atoms with Crippen molar-refractivity contribution >= 4 is 12.0 Å². The summed E-state index contributed by atoms with van der Waals surface area (Å²) in [5.74, 6) is 2.13. The topological polar surface area (TPSA) is 56.8 Å². The molecule has 0 radical (unpaired) electrons. The number of ether oxygens (including phenoxy) is 3. The number of amides is 1. The smallest absolute Gasteiger partial charge is 0.244 e. The standard InChI is InChI=1S/C25H25NO4/c1-28-22-12-14-23(15-13-22)29-18-17-26-25(27)16-9-20-7-10-24(11-8-20)30-19-21-5-3-2-4-6-21/h2-16H,17-19H2,1H3,(H,26,27)/b16-9+. The van der Waals surface area contributed by atoms with Crippen LogP contribution in [0.25, 0.3) is 6.08 Å². The maximum atomic E-state index is 11.9. The first-order chi connectivity index (χ1) is 14.7. The summed E-state index contributed by atoms with van der Waals surface area (Å²) >= 11 is 0. The van der Waals surface area contributed by atoms with Crippen LogP contribution < -0.4 is 19.5 Å². The molecule has 5 nitrogen and oxygen atoms in total. The number of hydrogen-bond donors (Lipinski definition) is 1. The van der Waals surface area contributed by atoms with Gasteiger partial charge in [0.2, 0.25) is 5.91 Å². The number of hydrogen-bond acceptors (Lipinski definition) is 4. The molecule has 3 rings (SSSR count). The highest BCUT2D eigenvalue weighted by atomic mass is 16.5. The first-order valence-electron chi connectivity index (χ1n) is 9.72. The van der Waals surface area contributed by atoms with Crippen LogP contribution in [0.1, 0.15) is 11.1 Å². The van der Waals surface area contributed by atoms with Gasteiger partial charge in [-0.05, 0) is 53.6 Å². The molecule has 30 heavy (non-hydrogen) atoms. The van der Waals surface area contributed by atoms with E-state index < -0.39 is 0 Å². The fourth-order valence-corrected chi connectivity index (χ4v) is 2.66. The highest BCUT2D eigenvalue weighted by Gasteiger charge is 1.99. The minimum atomic E-state index is -0.169. The Kier molecular flexibility index (Phi) is 7.92. The molecule has 3 aromatic carbocycles. The molecule has 154 valence electrons. The van der Waals surface area contributed by atoms with E-state index in [0.717, 1.165) is 28.4 Å². The lowest BCUT2D eigenvalue weighted by Gasteiger charge is -2.07. The van der Waals surface area contributed by atoms with Crippen LogP contribution in [0.3, 0.4) is 0 Å². The van der Waals surface area contributed by atoms with Gasteiger partial charge < -0.3 is 19.5 Å². The first-order valence-corrected chi connectivity index (χ1v) is 9.72. The van der Waals surface area contributed by atoms with Gasteiger partial charge >= 0.3 is 0 Å². The number of carbonyl (C=O) groups is 1. The van der Waals surface area contributed by atoms with Crippen molar-refractivity contribution in [2.75, 3.05) is 20.3 Å². The van der Waals surface area contributed by atoms with E-state index in [1.807, 2.05) is 78.9 Å². The highest BCUT2D eigenvalue weighted by molar-refractivity contribution is 5.91. The van der Waals surface area contributed by atoms with Crippen LogP contribution in [0, 0.1) is 0 Å². The molecule has 1 amide bonds. The monoisotopic (exact) mass is 403 g/mol. The van der Waals surface area contributed by atoms with Crippen molar-refractivity contribution in [3.05, 3.63) is 96.1 Å². The van der Waals surface area contributed by atoms with Gasteiger partial charge in [0.05, 0.1) is 13.7 Å². The third-order valence-electron chi connectivity index (χ3n) is 4.29. The number of benzene rings is 3. The van der Waals surface area contributed by atoms with E-state index >= 15 is 0 Å². The second kappa shape index (κ2) is 11.3. The molecule has 0 aliphatic heterocycles. The van der Waals surface area contributed by atoms with E-state index in [0.29, 0.717) is 19.8 Å². The average Bonchev–Trinajstić information content (AvgIpc) is 2.81. The van der Waals surface area contributed by atoms with E-state index in [4.69, 9.17) is 14.2 Å². The summed E-state index contributed by atoms with van der Waals surface area (Å²) in [5, 5.41) is 2.80. The Bertz CT molecular complexity index is 935. The summed E-state index contributed by atoms with van der Waals surface area (Å²) in [6.45, 7) is 1.33. The molecule has 0 aliphatic rings. The van der Waals surface area contributed by atoms with Gasteiger partial charge in [0.1, 0.15) is 30.5 Å². The molecule has 0 heterocycles. The van der Waals surface area contributed by atoms with Crippen molar-refractivity contribution in [1.82, 2.24) is 5.32 Å². The van der Waals surface area contributed by atoms with Crippen molar-refractivity contribution < 1.29 is 19.0 Å². The van der Waals surface area contributed by atoms with Gasteiger partial charge in [0.25, 0.3) is 0 Å². The quantitative estimate of drug-likeness (QED) is 0.401. The van der Waals surface area contributed by atoms with Crippen LogP contribution in [-0.4, -0.2) is 26.2 Å². The summed E-state index contributed by atoms with van der Waals surface area (Å²) in [4.78, 5) is 11.9. The first kappa shape index (κ1) is 21.0. The van der Waals surface area contributed by atoms with Crippen molar-refractivity contribution in [3.8, 4) is 17.2 Å². The Morgan fingerprint density at radius 3 is 2.17 bits per heavy atom. The minimum Gasteiger partial charge on any atom is -0.497 e. The van der Waals surface area contributed by atoms with Gasteiger partial charge in [-0.15, -0.1) is 0 Å². The molecule has 0 saturated carbocycles. The normalized spacial score (nSPS) is 10.6. The van der Waals surface area contributed by atoms with E-state index in [9.17, 15) is 4.79 Å². The maximum absolute atomic E-state index is 11.9. The van der Waals surface area contributed by atoms with Gasteiger partial charge in [-0.25, -0.2) is 0 Å². The maximum Gasteiger partial charge on any atom is 0.244 e. The summed E-state index contributed by atoms with van der Waals surface area (Å²) in [6.07, 6.45) is 3.27. The number of carbonyl (C=O) groups excluding carboxylic acids is 1. The van der Waals surface area contributed by atoms with Crippen molar-refractivity contribution in [2.24, 2.45) is 0 Å². The summed E-state index contributed by atoms with van der Waals surface area (Å²) in [5.41, 5.74) is 2.04. The molecule has 0 fully saturated rings. The van der Waals surface area contributed by atoms with Crippen LogP contribution in [0.2, 0.25) is 0 Å². The molecule has 0 aromatic heterocycles. The number of nitrogens with one attached hydrogen (secondary N) is 1. The Morgan fingerprint density at radius 2 is 1.47 bits per heavy atom. The van der Waals surface area contributed by atoms with Crippen LogP contribution >= 0.6 is 0 Å². The summed E-state index contributed by atoms with van der Waals surface area (Å²) < 4.78 is 16.4. The van der Waals surface area contributed by atoms with Gasteiger partial charge in [-0.3, -0.25) is 4.79 Å². The predicted molar refractivity (Wildman–Crippen MR) is 118 cm³/mol. The van der Waals surface area contributed by atoms with Gasteiger partial charge in [-0.1, -0.05) is 42.5 Å². The SMILES string of the molecule is COc1ccc(OCCNC(=O)/C=C/c2ccc(OCc3ccccc3)cc2)cc1. The van der Waals surface area contributed by atoms with Crippen LogP contribution in [-0.2, 0) is 11.4 Å². The summed E-state index contributed by atoms with van der Waals surface area (Å²) in [6, 6.07) is 24.9. The third-order valence-corrected chi connectivity index (χ3v) is 4.29. The zero-order valence-electron chi connectivity index (χ0n) is 16.9. The zero-order valence-corrected chi connectivity index (χ0v) is 16.9. The van der Waals surface area contributed by atoms with Gasteiger partial charge in [-0.2, -0.15) is 0 Å². The lowest BCUT2D eigenvalue weighted by atomic mass is 10.2. The van der Waals surface area contributed by atoms with Crippen molar-refractivity contribution in [1.29, 1.82) is 0 Å². The third kappa shape index (κ3) is 7.02. The van der Waals surface area contributed by atoms with E-state index in [1.165, 1.54) is 6.08 Å². The molecule has 5 heteroatoms. The Balaban J connectivity index is 1.36. The van der Waals surface area contributed by atoms with E-state index in [1.54, 1.807) is 13.2 Å². The lowest BCUT2D eigenvalue weighted by Crippen LogP contribution is -2.26. The molecule has 0 spiro atoms. The fraction of sp³-hybridized carbons (Fsp3) is 0.160. The molecule has 0 atom stereocenters. The second-order valence-electron chi connectivity index (χ2n) is 6.49. The van der Waals surface area contributed by atoms with Crippen LogP contribution in [0.5, 0.6) is 17.2 Å². The molecule has 3 aromatic rings. The fourth-order valence-electron chi connectivity index (χ4n) is 2.66. The summed E-state index contributed by atoms with van der Waals surface area (Å²) in [7, 11) is 1.62. The molecular weight excluding hydrogens is 378 g/mol. The lowest BCUT2D eigenvalue weighted by molar-refractivity contribution is -0.116. The second-order valence-corrected chi connectivity index (χ2v) is 6.49. The molecule has 1 N–H and O–H groups in total. The Hall–Kier alpha value is -3.73. The average molecular weight is 403 g/mol. The molecule has 0 saturated heterocycles. The molecule has 0 aliphatic carbocycles. The number of methoxy groups -OCH3 is 1. The molecule has 0 unspecified atom stereocenters. The molecular formula is C25H25NO4. The zero-order chi connectivity index (χ0) is 21.0. The number of rotatable bonds is 10. The van der Waals surface area contributed by atoms with E-state index in [-0.39, 0.29) is 5.91 Å². The van der Waals surface area contributed by atoms with E-state index in [2.05, 4.69) is 5.32 Å². The predicted octanol–water partition coefficient (Wildman–Crippen LogP) is 4.48. The van der Waals surface area contributed by atoms with Gasteiger partial charge in [0, 0.05) is 6.08 Å². The highest BCUT2D eigenvalue weighted by Crippen LogP contribution is 2.17. The van der Waals surface area contributed by atoms with Crippen LogP contribution in [0.4, 0.5) is 0 Å². The van der Waals surface area contributed by atoms with Crippen LogP contribution in [0.15, 0.2) is 84.9 Å². The Labute approximate surface area is 176 Å². The Morgan fingerprint density at radius 1 is 0.833 bits per heavy atom. The molecule has 0 bridgehead atoms. The van der Waals surface area contributed by atoms with Crippen molar-refractivity contribution in [3.63, 3.8) is 0 Å².